The summed E-state index contributed by atoms with van der Waals surface area (Å²) in [5.74, 6) is 0. The van der Waals surface area contributed by atoms with E-state index in [0.29, 0.717) is 0 Å². The van der Waals surface area contributed by atoms with Crippen molar-refractivity contribution in [3.63, 3.8) is 0 Å². The van der Waals surface area contributed by atoms with Crippen LogP contribution in [0.4, 0.5) is 0 Å². The van der Waals surface area contributed by atoms with Crippen LogP contribution in [0.2, 0.25) is 0 Å². The van der Waals surface area contributed by atoms with E-state index in [-0.39, 0.29) is 13.4 Å². The monoisotopic (exact) mass is 1160 g/mol. The van der Waals surface area contributed by atoms with Gasteiger partial charge in [0.05, 0.1) is 0 Å². The third-order valence-corrected chi connectivity index (χ3v) is 18.0. The Bertz CT molecular complexity index is 3940. The molecule has 440 valence electrons. The fourth-order valence-corrected chi connectivity index (χ4v) is 14.7. The van der Waals surface area contributed by atoms with E-state index < -0.39 is 0 Å². The van der Waals surface area contributed by atoms with Crippen molar-refractivity contribution < 1.29 is 0 Å². The summed E-state index contributed by atoms with van der Waals surface area (Å²) in [5.41, 5.74) is 38.9. The first kappa shape index (κ1) is 61.9. The molecule has 0 unspecified atom stereocenters. The van der Waals surface area contributed by atoms with Gasteiger partial charge >= 0.3 is 0 Å². The lowest BCUT2D eigenvalue weighted by Crippen LogP contribution is -2.55. The van der Waals surface area contributed by atoms with E-state index in [1.54, 1.807) is 0 Å². The first-order valence-electron chi connectivity index (χ1n) is 32.0. The second-order valence-electron chi connectivity index (χ2n) is 25.1. The zero-order chi connectivity index (χ0) is 63.0. The smallest absolute Gasteiger partial charge is 0.0686 e. The predicted molar refractivity (Wildman–Crippen MR) is 393 cm³/mol. The van der Waals surface area contributed by atoms with Crippen molar-refractivity contribution in [2.24, 2.45) is 0 Å². The highest BCUT2D eigenvalue weighted by Crippen LogP contribution is 2.38. The lowest BCUT2D eigenvalue weighted by Gasteiger charge is -2.25. The minimum Gasteiger partial charge on any atom is -0.0686 e. The van der Waals surface area contributed by atoms with Gasteiger partial charge in [-0.3, -0.25) is 0 Å². The molecule has 0 aromatic heterocycles. The summed E-state index contributed by atoms with van der Waals surface area (Å²) in [4.78, 5) is 0. The highest BCUT2D eigenvalue weighted by atomic mass is 14.2. The molecule has 0 heterocycles. The van der Waals surface area contributed by atoms with Crippen LogP contribution in [0.1, 0.15) is 111 Å². The van der Waals surface area contributed by atoms with Crippen LogP contribution >= 0.6 is 0 Å². The van der Waals surface area contributed by atoms with E-state index in [2.05, 4.69) is 362 Å². The van der Waals surface area contributed by atoms with Gasteiger partial charge in [-0.25, -0.2) is 0 Å². The van der Waals surface area contributed by atoms with Gasteiger partial charge in [-0.1, -0.05) is 379 Å². The van der Waals surface area contributed by atoms with Crippen LogP contribution in [-0.4, -0.2) is 13.4 Å². The molecule has 0 saturated heterocycles. The fraction of sp³-hybridized carbons (Fsp3) is 0.136. The van der Waals surface area contributed by atoms with E-state index in [4.69, 9.17) is 0 Å². The highest BCUT2D eigenvalue weighted by Gasteiger charge is 2.31. The molecule has 0 amide bonds. The largest absolute Gasteiger partial charge is 0.242 e. The van der Waals surface area contributed by atoms with Gasteiger partial charge in [0.15, 0.2) is 0 Å². The van der Waals surface area contributed by atoms with Crippen molar-refractivity contribution in [2.75, 3.05) is 0 Å². The molecule has 12 aromatic rings. The summed E-state index contributed by atoms with van der Waals surface area (Å²) in [6.45, 7) is 27.3. The van der Waals surface area contributed by atoms with Crippen LogP contribution in [0.25, 0.3) is 22.3 Å². The van der Waals surface area contributed by atoms with E-state index in [9.17, 15) is 0 Å². The molecule has 2 heteroatoms. The summed E-state index contributed by atoms with van der Waals surface area (Å²) in [7, 11) is 0. The maximum Gasteiger partial charge on any atom is 0.242 e. The number of hydrogen-bond acceptors (Lipinski definition) is 0. The lowest BCUT2D eigenvalue weighted by atomic mass is 9.34. The predicted octanol–water partition coefficient (Wildman–Crippen LogP) is 18.1. The zero-order valence-corrected chi connectivity index (χ0v) is 54.7. The molecule has 0 atom stereocenters. The first-order chi connectivity index (χ1) is 43.6. The molecule has 0 aliphatic carbocycles. The summed E-state index contributed by atoms with van der Waals surface area (Å²) in [6.07, 6.45) is 0. The zero-order valence-electron chi connectivity index (χ0n) is 54.7. The summed E-state index contributed by atoms with van der Waals surface area (Å²) >= 11 is 0. The van der Waals surface area contributed by atoms with Crippen molar-refractivity contribution in [1.82, 2.24) is 0 Å². The molecule has 0 saturated carbocycles. The van der Waals surface area contributed by atoms with E-state index in [1.807, 2.05) is 0 Å². The molecule has 12 rings (SSSR count). The molecule has 0 radical (unpaired) electrons. The second kappa shape index (κ2) is 27.7. The van der Waals surface area contributed by atoms with Gasteiger partial charge in [0.1, 0.15) is 0 Å². The molecule has 0 aliphatic heterocycles. The van der Waals surface area contributed by atoms with Crippen LogP contribution in [0, 0.1) is 83.1 Å². The molecule has 0 N–H and O–H groups in total. The Balaban J connectivity index is 0.000000185. The van der Waals surface area contributed by atoms with Gasteiger partial charge in [-0.15, -0.1) is 0 Å². The molecule has 90 heavy (non-hydrogen) atoms. The summed E-state index contributed by atoms with van der Waals surface area (Å²) in [5, 5.41) is 0. The number of hydrogen-bond donors (Lipinski definition) is 0. The number of rotatable bonds is 14. The van der Waals surface area contributed by atoms with Gasteiger partial charge in [0.25, 0.3) is 0 Å². The molecule has 0 nitrogen and oxygen atoms in total. The third kappa shape index (κ3) is 13.5. The Morgan fingerprint density at radius 2 is 0.322 bits per heavy atom. The average molecular weight is 1160 g/mol. The quantitative estimate of drug-likeness (QED) is 0.0752. The summed E-state index contributed by atoms with van der Waals surface area (Å²) < 4.78 is 0. The SMILES string of the molecule is Cc1cc(C)c(B(c2ccc(C(=C(c3ccccc3)c3ccccc3)c3ccccc3)cc2)c2c(C)cc(C)cc2C)c(C)c1.Cc1cc(C)c(B(c2ccc(C(=C(c3ccccc3)c3ccccc3)c3ccccc3)cc2)c2c(C)cc(C)cc2C)c(C)c1. The molecule has 0 fully saturated rings. The standard InChI is InChI=1S/2C44H41B/c2*1-30-26-32(3)43(33(4)27-30)45(44-34(5)28-31(2)29-35(44)6)40-24-22-39(23-25-40)42(38-20-14-9-15-21-38)41(36-16-10-7-11-17-36)37-18-12-8-13-19-37/h2*7-29H,1-6H3. The van der Waals surface area contributed by atoms with Crippen molar-refractivity contribution in [2.45, 2.75) is 83.1 Å². The molecule has 0 spiro atoms. The molecule has 12 aromatic carbocycles. The van der Waals surface area contributed by atoms with Gasteiger partial charge in [-0.2, -0.15) is 0 Å². The van der Waals surface area contributed by atoms with Crippen LogP contribution in [0.15, 0.2) is 279 Å². The second-order valence-corrected chi connectivity index (χ2v) is 25.1. The number of benzene rings is 12. The van der Waals surface area contributed by atoms with Gasteiger partial charge in [0, 0.05) is 0 Å². The van der Waals surface area contributed by atoms with Crippen LogP contribution in [0.3, 0.4) is 0 Å². The van der Waals surface area contributed by atoms with E-state index in [0.717, 1.165) is 0 Å². The Kier molecular flexibility index (Phi) is 19.1. The summed E-state index contributed by atoms with van der Waals surface area (Å²) in [6, 6.07) is 102. The van der Waals surface area contributed by atoms with Gasteiger partial charge in [-0.05, 0) is 150 Å². The topological polar surface area (TPSA) is 0 Å². The Labute approximate surface area is 538 Å². The molecular weight excluding hydrogens is 1080 g/mol. The van der Waals surface area contributed by atoms with Crippen molar-refractivity contribution >= 4 is 68.5 Å². The average Bonchev–Trinajstić information content (AvgIpc) is 1.10. The van der Waals surface area contributed by atoms with E-state index >= 15 is 0 Å². The first-order valence-corrected chi connectivity index (χ1v) is 32.0. The maximum absolute atomic E-state index is 2.37. The Morgan fingerprint density at radius 3 is 0.478 bits per heavy atom. The lowest BCUT2D eigenvalue weighted by molar-refractivity contribution is 1.34. The van der Waals surface area contributed by atoms with Crippen LogP contribution in [0.5, 0.6) is 0 Å². The molecule has 0 bridgehead atoms. The maximum atomic E-state index is 2.37. The normalized spacial score (nSPS) is 10.9. The highest BCUT2D eigenvalue weighted by molar-refractivity contribution is 6.97. The van der Waals surface area contributed by atoms with Crippen LogP contribution in [-0.2, 0) is 0 Å². The van der Waals surface area contributed by atoms with Crippen molar-refractivity contribution in [3.8, 4) is 0 Å². The minimum atomic E-state index is 0.145. The van der Waals surface area contributed by atoms with E-state index in [1.165, 1.54) is 166 Å². The third-order valence-electron chi connectivity index (χ3n) is 18.0. The van der Waals surface area contributed by atoms with Crippen molar-refractivity contribution in [1.29, 1.82) is 0 Å². The molecule has 0 aliphatic rings. The fourth-order valence-electron chi connectivity index (χ4n) is 14.7. The number of aryl methyl sites for hydroxylation is 12. The van der Waals surface area contributed by atoms with Crippen LogP contribution < -0.4 is 32.8 Å². The molecular formula is C88H82B2. The Hall–Kier alpha value is -9.75. The minimum absolute atomic E-state index is 0.145. The van der Waals surface area contributed by atoms with Gasteiger partial charge < -0.3 is 0 Å². The van der Waals surface area contributed by atoms with Gasteiger partial charge in [0.2, 0.25) is 13.4 Å². The Morgan fingerprint density at radius 1 is 0.178 bits per heavy atom. The van der Waals surface area contributed by atoms with Crippen molar-refractivity contribution in [3.05, 3.63) is 390 Å².